The van der Waals surface area contributed by atoms with E-state index in [1.165, 1.54) is 0 Å². The van der Waals surface area contributed by atoms with Gasteiger partial charge in [-0.25, -0.2) is 0 Å². The largest absolute Gasteiger partial charge is 0.497 e. The molecule has 0 bridgehead atoms. The zero-order chi connectivity index (χ0) is 13.2. The van der Waals surface area contributed by atoms with Crippen LogP contribution in [0.25, 0.3) is 0 Å². The minimum atomic E-state index is -0.00918. The van der Waals surface area contributed by atoms with Crippen molar-refractivity contribution in [2.45, 2.75) is 6.42 Å². The zero-order valence-corrected chi connectivity index (χ0v) is 10.9. The highest BCUT2D eigenvalue weighted by atomic mass is 16.5. The van der Waals surface area contributed by atoms with E-state index in [0.29, 0.717) is 19.6 Å². The minimum absolute atomic E-state index is 0.00918. The minimum Gasteiger partial charge on any atom is -0.497 e. The number of nitrogens with one attached hydrogen (secondary N) is 2. The summed E-state index contributed by atoms with van der Waals surface area (Å²) in [6.45, 7) is 2.05. The molecule has 0 atom stereocenters. The van der Waals surface area contributed by atoms with Gasteiger partial charge in [0.15, 0.2) is 0 Å². The molecule has 1 rings (SSSR count). The van der Waals surface area contributed by atoms with Gasteiger partial charge in [-0.3, -0.25) is 4.79 Å². The molecule has 0 fully saturated rings. The first-order chi connectivity index (χ1) is 8.76. The summed E-state index contributed by atoms with van der Waals surface area (Å²) in [4.78, 5) is 11.6. The van der Waals surface area contributed by atoms with Crippen molar-refractivity contribution in [3.8, 4) is 5.75 Å². The number of carbonyl (C=O) groups is 1. The Bertz CT molecular complexity index is 352. The molecule has 0 saturated heterocycles. The van der Waals surface area contributed by atoms with Crippen LogP contribution in [-0.2, 0) is 9.53 Å². The molecule has 1 amide bonds. The molecule has 100 valence electrons. The third-order valence-electron chi connectivity index (χ3n) is 2.39. The van der Waals surface area contributed by atoms with Gasteiger partial charge >= 0.3 is 0 Å². The maximum Gasteiger partial charge on any atom is 0.225 e. The van der Waals surface area contributed by atoms with Gasteiger partial charge in [-0.2, -0.15) is 0 Å². The van der Waals surface area contributed by atoms with Crippen LogP contribution >= 0.6 is 0 Å². The van der Waals surface area contributed by atoms with Gasteiger partial charge in [-0.15, -0.1) is 0 Å². The second kappa shape index (κ2) is 8.49. The fourth-order valence-corrected chi connectivity index (χ4v) is 1.40. The van der Waals surface area contributed by atoms with E-state index < -0.39 is 0 Å². The Labute approximate surface area is 107 Å². The van der Waals surface area contributed by atoms with Crippen molar-refractivity contribution >= 4 is 11.6 Å². The molecule has 0 aliphatic heterocycles. The molecule has 1 aromatic rings. The highest BCUT2D eigenvalue weighted by molar-refractivity contribution is 5.90. The Balaban J connectivity index is 2.22. The number of amides is 1. The van der Waals surface area contributed by atoms with Crippen molar-refractivity contribution in [1.82, 2.24) is 5.32 Å². The molecule has 0 aliphatic carbocycles. The topological polar surface area (TPSA) is 59.6 Å². The summed E-state index contributed by atoms with van der Waals surface area (Å²) in [6, 6.07) is 7.25. The third-order valence-corrected chi connectivity index (χ3v) is 2.39. The maximum atomic E-state index is 11.6. The third kappa shape index (κ3) is 5.65. The zero-order valence-electron chi connectivity index (χ0n) is 10.9. The molecule has 5 heteroatoms. The van der Waals surface area contributed by atoms with Crippen LogP contribution in [0, 0.1) is 0 Å². The van der Waals surface area contributed by atoms with Crippen molar-refractivity contribution in [2.24, 2.45) is 0 Å². The lowest BCUT2D eigenvalue weighted by Crippen LogP contribution is -2.24. The molecule has 1 aromatic carbocycles. The molecule has 0 spiro atoms. The quantitative estimate of drug-likeness (QED) is 0.684. The lowest BCUT2D eigenvalue weighted by Gasteiger charge is -2.07. The van der Waals surface area contributed by atoms with Crippen LogP contribution in [0.2, 0.25) is 0 Å². The summed E-state index contributed by atoms with van der Waals surface area (Å²) < 4.78 is 9.93. The predicted octanol–water partition coefficient (Wildman–Crippen LogP) is 1.26. The van der Waals surface area contributed by atoms with E-state index in [1.807, 2.05) is 24.3 Å². The summed E-state index contributed by atoms with van der Waals surface area (Å²) in [5, 5.41) is 5.93. The average Bonchev–Trinajstić information content (AvgIpc) is 2.39. The number of benzene rings is 1. The summed E-state index contributed by atoms with van der Waals surface area (Å²) in [7, 11) is 3.26. The van der Waals surface area contributed by atoms with Crippen LogP contribution in [0.15, 0.2) is 24.3 Å². The van der Waals surface area contributed by atoms with Crippen LogP contribution in [0.4, 0.5) is 5.69 Å². The molecule has 18 heavy (non-hydrogen) atoms. The molecular weight excluding hydrogens is 232 g/mol. The normalized spacial score (nSPS) is 10.1. The fourth-order valence-electron chi connectivity index (χ4n) is 1.40. The Morgan fingerprint density at radius 2 is 1.89 bits per heavy atom. The molecule has 0 aromatic heterocycles. The monoisotopic (exact) mass is 252 g/mol. The number of rotatable bonds is 8. The van der Waals surface area contributed by atoms with Gasteiger partial charge < -0.3 is 20.1 Å². The van der Waals surface area contributed by atoms with E-state index in [0.717, 1.165) is 18.0 Å². The Morgan fingerprint density at radius 1 is 1.17 bits per heavy atom. The summed E-state index contributed by atoms with van der Waals surface area (Å²) >= 11 is 0. The number of carbonyl (C=O) groups excluding carboxylic acids is 1. The SMILES string of the molecule is COCCNCCC(=O)Nc1ccc(OC)cc1. The molecular formula is C13H20N2O3. The molecule has 0 heterocycles. The van der Waals surface area contributed by atoms with E-state index >= 15 is 0 Å². The van der Waals surface area contributed by atoms with Crippen molar-refractivity contribution < 1.29 is 14.3 Å². The van der Waals surface area contributed by atoms with E-state index in [1.54, 1.807) is 14.2 Å². The summed E-state index contributed by atoms with van der Waals surface area (Å²) in [5.41, 5.74) is 0.776. The van der Waals surface area contributed by atoms with Gasteiger partial charge in [-0.05, 0) is 24.3 Å². The van der Waals surface area contributed by atoms with Crippen molar-refractivity contribution in [3.05, 3.63) is 24.3 Å². The second-order valence-corrected chi connectivity index (χ2v) is 3.77. The first-order valence-electron chi connectivity index (χ1n) is 5.90. The molecule has 5 nitrogen and oxygen atoms in total. The van der Waals surface area contributed by atoms with E-state index in [9.17, 15) is 4.79 Å². The first-order valence-corrected chi connectivity index (χ1v) is 5.90. The number of ether oxygens (including phenoxy) is 2. The number of methoxy groups -OCH3 is 2. The fraction of sp³-hybridized carbons (Fsp3) is 0.462. The van der Waals surface area contributed by atoms with E-state index in [4.69, 9.17) is 9.47 Å². The average molecular weight is 252 g/mol. The standard InChI is InChI=1S/C13H20N2O3/c1-17-10-9-14-8-7-13(16)15-11-3-5-12(18-2)6-4-11/h3-6,14H,7-10H2,1-2H3,(H,15,16). The van der Waals surface area contributed by atoms with Gasteiger partial charge in [-0.1, -0.05) is 0 Å². The number of anilines is 1. The Hall–Kier alpha value is -1.59. The van der Waals surface area contributed by atoms with Gasteiger partial charge in [0, 0.05) is 32.3 Å². The van der Waals surface area contributed by atoms with Gasteiger partial charge in [0.05, 0.1) is 13.7 Å². The summed E-state index contributed by atoms with van der Waals surface area (Å²) in [5.74, 6) is 0.763. The van der Waals surface area contributed by atoms with Gasteiger partial charge in [0.2, 0.25) is 5.91 Å². The van der Waals surface area contributed by atoms with Crippen molar-refractivity contribution in [3.63, 3.8) is 0 Å². The summed E-state index contributed by atoms with van der Waals surface area (Å²) in [6.07, 6.45) is 0.440. The predicted molar refractivity (Wildman–Crippen MR) is 71.0 cm³/mol. The molecule has 0 aliphatic rings. The smallest absolute Gasteiger partial charge is 0.225 e. The lowest BCUT2D eigenvalue weighted by atomic mass is 10.3. The molecule has 0 radical (unpaired) electrons. The van der Waals surface area contributed by atoms with E-state index in [2.05, 4.69) is 10.6 Å². The van der Waals surface area contributed by atoms with Crippen LogP contribution in [0.1, 0.15) is 6.42 Å². The van der Waals surface area contributed by atoms with Crippen LogP contribution in [0.3, 0.4) is 0 Å². The van der Waals surface area contributed by atoms with Crippen LogP contribution in [-0.4, -0.2) is 39.8 Å². The van der Waals surface area contributed by atoms with Crippen molar-refractivity contribution in [1.29, 1.82) is 0 Å². The molecule has 2 N–H and O–H groups in total. The van der Waals surface area contributed by atoms with Crippen molar-refractivity contribution in [2.75, 3.05) is 39.2 Å². The molecule has 0 unspecified atom stereocenters. The van der Waals surface area contributed by atoms with Gasteiger partial charge in [0.1, 0.15) is 5.75 Å². The number of hydrogen-bond acceptors (Lipinski definition) is 4. The second-order valence-electron chi connectivity index (χ2n) is 3.77. The Morgan fingerprint density at radius 3 is 2.50 bits per heavy atom. The van der Waals surface area contributed by atoms with Crippen LogP contribution < -0.4 is 15.4 Å². The molecule has 0 saturated carbocycles. The van der Waals surface area contributed by atoms with Crippen LogP contribution in [0.5, 0.6) is 5.75 Å². The highest BCUT2D eigenvalue weighted by Crippen LogP contribution is 2.14. The first kappa shape index (κ1) is 14.5. The van der Waals surface area contributed by atoms with E-state index in [-0.39, 0.29) is 5.91 Å². The lowest BCUT2D eigenvalue weighted by molar-refractivity contribution is -0.116. The highest BCUT2D eigenvalue weighted by Gasteiger charge is 2.01. The number of hydrogen-bond donors (Lipinski definition) is 2. The Kier molecular flexibility index (Phi) is 6.83. The van der Waals surface area contributed by atoms with Gasteiger partial charge in [0.25, 0.3) is 0 Å². The maximum absolute atomic E-state index is 11.6.